The fourth-order valence-corrected chi connectivity index (χ4v) is 7.81. The zero-order valence-corrected chi connectivity index (χ0v) is 17.2. The summed E-state index contributed by atoms with van der Waals surface area (Å²) in [5.41, 5.74) is -0.687. The van der Waals surface area contributed by atoms with Gasteiger partial charge >= 0.3 is 5.97 Å². The largest absolute Gasteiger partial charge is 0.481 e. The Balaban J connectivity index is 1.68. The van der Waals surface area contributed by atoms with Crippen LogP contribution in [-0.4, -0.2) is 28.4 Å². The Morgan fingerprint density at radius 1 is 1.11 bits per heavy atom. The first-order chi connectivity index (χ1) is 13.1. The summed E-state index contributed by atoms with van der Waals surface area (Å²) >= 11 is 0. The second-order valence-electron chi connectivity index (χ2n) is 10.5. The number of hydrogen-bond acceptors (Lipinski definition) is 4. The Morgan fingerprint density at radius 2 is 1.82 bits per heavy atom. The van der Waals surface area contributed by atoms with Crippen LogP contribution >= 0.6 is 0 Å². The van der Waals surface area contributed by atoms with Gasteiger partial charge in [-0.05, 0) is 54.3 Å². The van der Waals surface area contributed by atoms with Crippen molar-refractivity contribution in [2.24, 2.45) is 46.3 Å². The molecule has 4 saturated carbocycles. The summed E-state index contributed by atoms with van der Waals surface area (Å²) in [6.07, 6.45) is 4.48. The third-order valence-electron chi connectivity index (χ3n) is 9.40. The summed E-state index contributed by atoms with van der Waals surface area (Å²) in [5, 5.41) is 9.24. The molecule has 0 spiro atoms. The molecule has 5 nitrogen and oxygen atoms in total. The molecule has 0 aromatic carbocycles. The van der Waals surface area contributed by atoms with Gasteiger partial charge in [0.25, 0.3) is 0 Å². The van der Waals surface area contributed by atoms with Crippen LogP contribution in [0.4, 0.5) is 0 Å². The molecule has 154 valence electrons. The van der Waals surface area contributed by atoms with Gasteiger partial charge in [0.05, 0.1) is 0 Å². The van der Waals surface area contributed by atoms with Crippen molar-refractivity contribution in [2.75, 3.05) is 0 Å². The van der Waals surface area contributed by atoms with Gasteiger partial charge in [-0.25, -0.2) is 0 Å². The number of hydrogen-bond donors (Lipinski definition) is 1. The van der Waals surface area contributed by atoms with Gasteiger partial charge < -0.3 is 5.11 Å². The fourth-order valence-electron chi connectivity index (χ4n) is 7.81. The maximum atomic E-state index is 13.5. The molecule has 0 bridgehead atoms. The third-order valence-corrected chi connectivity index (χ3v) is 9.40. The number of Topliss-reactive ketones (excluding diaryl/α,β-unsaturated/α-hetero) is 3. The number of carboxylic acid groups (broad SMARTS) is 1. The van der Waals surface area contributed by atoms with Gasteiger partial charge in [-0.15, -0.1) is 0 Å². The minimum atomic E-state index is -0.823. The van der Waals surface area contributed by atoms with E-state index < -0.39 is 11.4 Å². The summed E-state index contributed by atoms with van der Waals surface area (Å²) < 4.78 is 0. The minimum absolute atomic E-state index is 0.0305. The molecular weight excluding hydrogens is 356 g/mol. The van der Waals surface area contributed by atoms with Crippen LogP contribution in [0.3, 0.4) is 0 Å². The molecule has 0 saturated heterocycles. The molecule has 8 atom stereocenters. The molecule has 0 radical (unpaired) electrons. The van der Waals surface area contributed by atoms with Crippen molar-refractivity contribution < 1.29 is 24.3 Å². The van der Waals surface area contributed by atoms with Crippen LogP contribution in [-0.2, 0) is 19.2 Å². The van der Waals surface area contributed by atoms with Gasteiger partial charge in [-0.2, -0.15) is 0 Å². The maximum Gasteiger partial charge on any atom is 0.303 e. The Hall–Kier alpha value is -1.52. The van der Waals surface area contributed by atoms with Gasteiger partial charge in [-0.3, -0.25) is 19.2 Å². The molecule has 0 amide bonds. The smallest absolute Gasteiger partial charge is 0.303 e. The lowest BCUT2D eigenvalue weighted by molar-refractivity contribution is -0.167. The van der Waals surface area contributed by atoms with Crippen molar-refractivity contribution in [3.8, 4) is 0 Å². The highest BCUT2D eigenvalue weighted by atomic mass is 16.4. The van der Waals surface area contributed by atoms with Gasteiger partial charge in [0.1, 0.15) is 17.3 Å². The zero-order valence-electron chi connectivity index (χ0n) is 17.2. The second-order valence-corrected chi connectivity index (χ2v) is 10.5. The highest BCUT2D eigenvalue weighted by Crippen LogP contribution is 2.66. The molecular formula is C23H32O5. The first-order valence-electron chi connectivity index (χ1n) is 10.9. The van der Waals surface area contributed by atoms with Gasteiger partial charge in [0.15, 0.2) is 0 Å². The molecule has 1 N–H and O–H groups in total. The number of carbonyl (C=O) groups excluding carboxylic acids is 3. The SMILES string of the molecule is C[C@H](CC(=O)O)[C@H]1CC[C@H]2[C@@H]3C(=O)C[C@@H]4CC(=O)CC[C@]4(C)C3CC(=O)[C@]12C. The zero-order chi connectivity index (χ0) is 20.4. The summed E-state index contributed by atoms with van der Waals surface area (Å²) in [7, 11) is 0. The fraction of sp³-hybridized carbons (Fsp3) is 0.826. The molecule has 4 fully saturated rings. The predicted molar refractivity (Wildman–Crippen MR) is 102 cm³/mol. The Kier molecular flexibility index (Phi) is 4.59. The molecule has 0 heterocycles. The minimum Gasteiger partial charge on any atom is -0.481 e. The van der Waals surface area contributed by atoms with E-state index in [1.807, 2.05) is 13.8 Å². The lowest BCUT2D eigenvalue weighted by Crippen LogP contribution is -2.60. The number of carbonyl (C=O) groups is 4. The second kappa shape index (κ2) is 6.50. The topological polar surface area (TPSA) is 88.5 Å². The van der Waals surface area contributed by atoms with E-state index in [1.54, 1.807) is 0 Å². The number of fused-ring (bicyclic) bond motifs is 5. The van der Waals surface area contributed by atoms with Crippen LogP contribution in [0.25, 0.3) is 0 Å². The van der Waals surface area contributed by atoms with Gasteiger partial charge in [-0.1, -0.05) is 20.8 Å². The van der Waals surface area contributed by atoms with E-state index in [9.17, 15) is 24.3 Å². The van der Waals surface area contributed by atoms with Crippen LogP contribution in [0, 0.1) is 46.3 Å². The quantitative estimate of drug-likeness (QED) is 0.797. The van der Waals surface area contributed by atoms with E-state index in [0.717, 1.165) is 19.3 Å². The van der Waals surface area contributed by atoms with E-state index >= 15 is 0 Å². The monoisotopic (exact) mass is 388 g/mol. The van der Waals surface area contributed by atoms with Gasteiger partial charge in [0, 0.05) is 43.4 Å². The predicted octanol–water partition coefficient (Wildman–Crippen LogP) is 3.68. The molecule has 28 heavy (non-hydrogen) atoms. The first-order valence-corrected chi connectivity index (χ1v) is 10.9. The highest BCUT2D eigenvalue weighted by molar-refractivity contribution is 5.93. The van der Waals surface area contributed by atoms with Crippen LogP contribution in [0.2, 0.25) is 0 Å². The van der Waals surface area contributed by atoms with E-state index in [1.165, 1.54) is 0 Å². The lowest BCUT2D eigenvalue weighted by Gasteiger charge is -2.58. The van der Waals surface area contributed by atoms with E-state index in [2.05, 4.69) is 6.92 Å². The number of ketones is 3. The summed E-state index contributed by atoms with van der Waals surface area (Å²) in [5.74, 6) is -0.0604. The number of carboxylic acids is 1. The van der Waals surface area contributed by atoms with E-state index in [4.69, 9.17) is 0 Å². The normalized spacial score (nSPS) is 46.5. The van der Waals surface area contributed by atoms with Crippen molar-refractivity contribution in [3.63, 3.8) is 0 Å². The van der Waals surface area contributed by atoms with Crippen LogP contribution < -0.4 is 0 Å². The number of rotatable bonds is 3. The molecule has 4 aliphatic carbocycles. The lowest BCUT2D eigenvalue weighted by atomic mass is 9.44. The third kappa shape index (κ3) is 2.64. The van der Waals surface area contributed by atoms with Crippen LogP contribution in [0.5, 0.6) is 0 Å². The molecule has 4 aliphatic rings. The molecule has 5 heteroatoms. The molecule has 0 aromatic rings. The van der Waals surface area contributed by atoms with Crippen molar-refractivity contribution >= 4 is 23.3 Å². The average Bonchev–Trinajstić information content (AvgIpc) is 2.95. The molecule has 4 rings (SSSR count). The molecule has 1 unspecified atom stereocenters. The van der Waals surface area contributed by atoms with Crippen LogP contribution in [0.1, 0.15) is 72.1 Å². The summed E-state index contributed by atoms with van der Waals surface area (Å²) in [4.78, 5) is 50.0. The van der Waals surface area contributed by atoms with E-state index in [-0.39, 0.29) is 64.7 Å². The van der Waals surface area contributed by atoms with Crippen LogP contribution in [0.15, 0.2) is 0 Å². The first kappa shape index (κ1) is 19.8. The van der Waals surface area contributed by atoms with Gasteiger partial charge in [0.2, 0.25) is 0 Å². The Labute approximate surface area is 166 Å². The van der Waals surface area contributed by atoms with Crippen molar-refractivity contribution in [1.29, 1.82) is 0 Å². The van der Waals surface area contributed by atoms with Crippen molar-refractivity contribution in [1.82, 2.24) is 0 Å². The average molecular weight is 389 g/mol. The number of aliphatic carboxylic acids is 1. The summed E-state index contributed by atoms with van der Waals surface area (Å²) in [6, 6.07) is 0. The van der Waals surface area contributed by atoms with E-state index in [0.29, 0.717) is 25.7 Å². The van der Waals surface area contributed by atoms with Crippen molar-refractivity contribution in [3.05, 3.63) is 0 Å². The highest BCUT2D eigenvalue weighted by Gasteiger charge is 2.66. The van der Waals surface area contributed by atoms with Crippen molar-refractivity contribution in [2.45, 2.75) is 72.1 Å². The molecule has 0 aliphatic heterocycles. The molecule has 0 aromatic heterocycles. The standard InChI is InChI=1S/C23H32O5/c1-12(8-20(27)28)15-4-5-16-21-17(11-19(26)23(15,16)3)22(2)7-6-14(24)9-13(22)10-18(21)25/h12-13,15-17,21H,4-11H2,1-3H3,(H,27,28)/t12-,13+,15-,16+,17?,21+,22+,23-/m1/s1. The maximum absolute atomic E-state index is 13.5. The summed E-state index contributed by atoms with van der Waals surface area (Å²) in [6.45, 7) is 6.17. The Bertz CT molecular complexity index is 741. The Morgan fingerprint density at radius 3 is 2.50 bits per heavy atom.